The second kappa shape index (κ2) is 3.22. The van der Waals surface area contributed by atoms with Crippen LogP contribution in [0.3, 0.4) is 0 Å². The van der Waals surface area contributed by atoms with E-state index in [-0.39, 0.29) is 0 Å². The maximum Gasteiger partial charge on any atom is 0.139 e. The molecule has 0 bridgehead atoms. The number of halogens is 2. The third-order valence-corrected chi connectivity index (χ3v) is 2.32. The van der Waals surface area contributed by atoms with Crippen molar-refractivity contribution in [1.29, 1.82) is 0 Å². The van der Waals surface area contributed by atoms with Crippen LogP contribution in [-0.2, 0) is 0 Å². The number of hydrogen-bond acceptors (Lipinski definition) is 1. The minimum Gasteiger partial charge on any atom is -0.207 e. The molecular formula is C8H8F2S. The van der Waals surface area contributed by atoms with Gasteiger partial charge in [0.2, 0.25) is 0 Å². The van der Waals surface area contributed by atoms with Crippen molar-refractivity contribution in [2.75, 3.05) is 6.26 Å². The molecule has 1 aromatic rings. The fourth-order valence-electron chi connectivity index (χ4n) is 0.948. The van der Waals surface area contributed by atoms with Crippen molar-refractivity contribution < 1.29 is 8.78 Å². The van der Waals surface area contributed by atoms with E-state index in [4.69, 9.17) is 0 Å². The monoisotopic (exact) mass is 174 g/mol. The van der Waals surface area contributed by atoms with E-state index in [9.17, 15) is 8.78 Å². The molecule has 0 spiro atoms. The lowest BCUT2D eigenvalue weighted by molar-refractivity contribution is 0.563. The molecule has 3 heteroatoms. The van der Waals surface area contributed by atoms with Crippen LogP contribution in [0.25, 0.3) is 0 Å². The van der Waals surface area contributed by atoms with E-state index in [1.54, 1.807) is 13.2 Å². The minimum atomic E-state index is -0.516. The molecule has 0 unspecified atom stereocenters. The molecule has 0 aromatic heterocycles. The van der Waals surface area contributed by atoms with Crippen LogP contribution in [0, 0.1) is 18.6 Å². The highest BCUT2D eigenvalue weighted by atomic mass is 32.2. The van der Waals surface area contributed by atoms with Crippen LogP contribution in [-0.4, -0.2) is 6.26 Å². The Kier molecular flexibility index (Phi) is 2.49. The summed E-state index contributed by atoms with van der Waals surface area (Å²) < 4.78 is 25.3. The molecule has 0 saturated heterocycles. The van der Waals surface area contributed by atoms with E-state index in [0.717, 1.165) is 6.07 Å². The van der Waals surface area contributed by atoms with E-state index in [0.29, 0.717) is 10.5 Å². The second-order valence-corrected chi connectivity index (χ2v) is 3.05. The van der Waals surface area contributed by atoms with Gasteiger partial charge in [-0.15, -0.1) is 11.8 Å². The van der Waals surface area contributed by atoms with Gasteiger partial charge < -0.3 is 0 Å². The smallest absolute Gasteiger partial charge is 0.139 e. The van der Waals surface area contributed by atoms with Crippen LogP contribution in [0.15, 0.2) is 17.0 Å². The molecule has 0 nitrogen and oxygen atoms in total. The van der Waals surface area contributed by atoms with Gasteiger partial charge in [0.1, 0.15) is 11.6 Å². The van der Waals surface area contributed by atoms with Gasteiger partial charge in [-0.25, -0.2) is 8.78 Å². The van der Waals surface area contributed by atoms with E-state index < -0.39 is 11.6 Å². The maximum atomic E-state index is 12.9. The van der Waals surface area contributed by atoms with Crippen molar-refractivity contribution in [3.05, 3.63) is 29.3 Å². The number of rotatable bonds is 1. The molecular weight excluding hydrogens is 166 g/mol. The van der Waals surface area contributed by atoms with Crippen LogP contribution >= 0.6 is 11.8 Å². The van der Waals surface area contributed by atoms with Gasteiger partial charge in [-0.3, -0.25) is 0 Å². The summed E-state index contributed by atoms with van der Waals surface area (Å²) in [6.45, 7) is 1.69. The highest BCUT2D eigenvalue weighted by molar-refractivity contribution is 7.98. The van der Waals surface area contributed by atoms with Gasteiger partial charge in [-0.05, 0) is 24.8 Å². The second-order valence-electron chi connectivity index (χ2n) is 2.24. The molecule has 0 radical (unpaired) electrons. The topological polar surface area (TPSA) is 0 Å². The van der Waals surface area contributed by atoms with Crippen molar-refractivity contribution in [2.45, 2.75) is 11.8 Å². The van der Waals surface area contributed by atoms with Crippen LogP contribution in [0.2, 0.25) is 0 Å². The SMILES string of the molecule is CSc1c(C)cc(F)cc1F. The Morgan fingerprint density at radius 3 is 2.36 bits per heavy atom. The van der Waals surface area contributed by atoms with Crippen LogP contribution < -0.4 is 0 Å². The predicted octanol–water partition coefficient (Wildman–Crippen LogP) is 3.00. The maximum absolute atomic E-state index is 12.9. The van der Waals surface area contributed by atoms with Gasteiger partial charge in [0, 0.05) is 11.0 Å². The Bertz CT molecular complexity index is 248. The number of thioether (sulfide) groups is 1. The summed E-state index contributed by atoms with van der Waals surface area (Å²) in [6.07, 6.45) is 1.77. The average molecular weight is 174 g/mol. The summed E-state index contributed by atoms with van der Waals surface area (Å²) in [5.74, 6) is -0.993. The predicted molar refractivity (Wildman–Crippen MR) is 42.9 cm³/mol. The molecule has 0 aliphatic heterocycles. The number of hydrogen-bond donors (Lipinski definition) is 0. The van der Waals surface area contributed by atoms with Gasteiger partial charge in [0.05, 0.1) is 0 Å². The minimum absolute atomic E-state index is 0.477. The summed E-state index contributed by atoms with van der Waals surface area (Å²) in [6, 6.07) is 2.23. The van der Waals surface area contributed by atoms with Crippen molar-refractivity contribution in [1.82, 2.24) is 0 Å². The molecule has 1 aromatic carbocycles. The Morgan fingerprint density at radius 2 is 1.91 bits per heavy atom. The van der Waals surface area contributed by atoms with Crippen molar-refractivity contribution in [2.24, 2.45) is 0 Å². The van der Waals surface area contributed by atoms with Crippen LogP contribution in [0.1, 0.15) is 5.56 Å². The molecule has 0 aliphatic carbocycles. The third kappa shape index (κ3) is 1.71. The summed E-state index contributed by atoms with van der Waals surface area (Å²) in [4.78, 5) is 0.520. The molecule has 0 aliphatic rings. The summed E-state index contributed by atoms with van der Waals surface area (Å²) >= 11 is 1.29. The highest BCUT2D eigenvalue weighted by Crippen LogP contribution is 2.23. The lowest BCUT2D eigenvalue weighted by Gasteiger charge is -2.02. The fourth-order valence-corrected chi connectivity index (χ4v) is 1.58. The van der Waals surface area contributed by atoms with Crippen LogP contribution in [0.4, 0.5) is 8.78 Å². The first kappa shape index (κ1) is 8.53. The van der Waals surface area contributed by atoms with Crippen LogP contribution in [0.5, 0.6) is 0 Å². The van der Waals surface area contributed by atoms with E-state index >= 15 is 0 Å². The standard InChI is InChI=1S/C8H8F2S/c1-5-3-6(9)4-7(10)8(5)11-2/h3-4H,1-2H3. The normalized spacial score (nSPS) is 10.2. The molecule has 0 amide bonds. The van der Waals surface area contributed by atoms with E-state index in [1.807, 2.05) is 0 Å². The van der Waals surface area contributed by atoms with E-state index in [1.165, 1.54) is 17.8 Å². The van der Waals surface area contributed by atoms with Gasteiger partial charge in [0.25, 0.3) is 0 Å². The van der Waals surface area contributed by atoms with Gasteiger partial charge >= 0.3 is 0 Å². The lowest BCUT2D eigenvalue weighted by atomic mass is 10.2. The first-order valence-electron chi connectivity index (χ1n) is 3.15. The highest BCUT2D eigenvalue weighted by Gasteiger charge is 2.05. The fraction of sp³-hybridized carbons (Fsp3) is 0.250. The zero-order valence-corrected chi connectivity index (χ0v) is 7.14. The quantitative estimate of drug-likeness (QED) is 0.590. The third-order valence-electron chi connectivity index (χ3n) is 1.40. The summed E-state index contributed by atoms with van der Waals surface area (Å²) in [5, 5.41) is 0. The van der Waals surface area contributed by atoms with Crippen molar-refractivity contribution in [3.8, 4) is 0 Å². The average Bonchev–Trinajstić information content (AvgIpc) is 1.85. The zero-order chi connectivity index (χ0) is 8.43. The molecule has 1 rings (SSSR count). The first-order valence-corrected chi connectivity index (χ1v) is 4.37. The van der Waals surface area contributed by atoms with Gasteiger partial charge in [-0.2, -0.15) is 0 Å². The lowest BCUT2D eigenvalue weighted by Crippen LogP contribution is -1.87. The molecule has 0 fully saturated rings. The summed E-state index contributed by atoms with van der Waals surface area (Å²) in [5.41, 5.74) is 0.648. The zero-order valence-electron chi connectivity index (χ0n) is 6.32. The molecule has 0 N–H and O–H groups in total. The molecule has 11 heavy (non-hydrogen) atoms. The van der Waals surface area contributed by atoms with Crippen molar-refractivity contribution >= 4 is 11.8 Å². The Morgan fingerprint density at radius 1 is 1.27 bits per heavy atom. The Labute approximate surface area is 68.6 Å². The Balaban J connectivity index is 3.25. The Hall–Kier alpha value is -0.570. The molecule has 60 valence electrons. The van der Waals surface area contributed by atoms with Crippen molar-refractivity contribution in [3.63, 3.8) is 0 Å². The largest absolute Gasteiger partial charge is 0.207 e. The summed E-state index contributed by atoms with van der Waals surface area (Å²) in [7, 11) is 0. The van der Waals surface area contributed by atoms with E-state index in [2.05, 4.69) is 0 Å². The molecule has 0 saturated carbocycles. The molecule has 0 atom stereocenters. The first-order chi connectivity index (χ1) is 5.15. The molecule has 0 heterocycles. The number of aryl methyl sites for hydroxylation is 1. The number of benzene rings is 1. The van der Waals surface area contributed by atoms with Gasteiger partial charge in [0.15, 0.2) is 0 Å². The van der Waals surface area contributed by atoms with Gasteiger partial charge in [-0.1, -0.05) is 0 Å².